The molecule has 26 heavy (non-hydrogen) atoms. The number of amidine groups is 1. The Kier molecular flexibility index (Phi) is 6.30. The van der Waals surface area contributed by atoms with Gasteiger partial charge in [0.2, 0.25) is 0 Å². The van der Waals surface area contributed by atoms with Crippen molar-refractivity contribution in [1.82, 2.24) is 5.01 Å². The van der Waals surface area contributed by atoms with Gasteiger partial charge in [-0.15, -0.1) is 0 Å². The van der Waals surface area contributed by atoms with Crippen molar-refractivity contribution in [3.63, 3.8) is 0 Å². The van der Waals surface area contributed by atoms with Crippen LogP contribution in [-0.4, -0.2) is 54.3 Å². The molecule has 1 fully saturated rings. The van der Waals surface area contributed by atoms with E-state index in [0.29, 0.717) is 18.5 Å². The van der Waals surface area contributed by atoms with Gasteiger partial charge in [-0.1, -0.05) is 12.7 Å². The maximum atomic E-state index is 12.7. The van der Waals surface area contributed by atoms with E-state index in [2.05, 4.69) is 21.4 Å². The second-order valence-corrected chi connectivity index (χ2v) is 6.23. The first-order chi connectivity index (χ1) is 12.2. The summed E-state index contributed by atoms with van der Waals surface area (Å²) in [7, 11) is 0. The molecule has 0 saturated carbocycles. The smallest absolute Gasteiger partial charge is 0.432 e. The van der Waals surface area contributed by atoms with Gasteiger partial charge in [0.1, 0.15) is 18.6 Å². The van der Waals surface area contributed by atoms with Crippen LogP contribution < -0.4 is 5.73 Å². The molecule has 0 aromatic carbocycles. The van der Waals surface area contributed by atoms with Crippen LogP contribution in [0.1, 0.15) is 26.7 Å². The van der Waals surface area contributed by atoms with E-state index in [4.69, 9.17) is 15.2 Å². The number of carbonyl (C=O) groups is 1. The molecule has 0 aromatic heterocycles. The van der Waals surface area contributed by atoms with E-state index in [1.807, 2.05) is 0 Å². The van der Waals surface area contributed by atoms with Crippen LogP contribution in [0.4, 0.5) is 13.6 Å². The van der Waals surface area contributed by atoms with Crippen molar-refractivity contribution in [2.75, 3.05) is 6.61 Å². The van der Waals surface area contributed by atoms with Gasteiger partial charge >= 0.3 is 6.16 Å². The first kappa shape index (κ1) is 19.8. The lowest BCUT2D eigenvalue weighted by Gasteiger charge is -2.29. The van der Waals surface area contributed by atoms with E-state index in [1.54, 1.807) is 17.2 Å². The molecule has 0 amide bonds. The molecule has 0 aromatic rings. The Morgan fingerprint density at radius 2 is 2.31 bits per heavy atom. The zero-order valence-corrected chi connectivity index (χ0v) is 14.6. The largest absolute Gasteiger partial charge is 0.509 e. The molecule has 0 radical (unpaired) electrons. The van der Waals surface area contributed by atoms with Gasteiger partial charge in [-0.2, -0.15) is 5.10 Å². The molecule has 2 unspecified atom stereocenters. The second-order valence-electron chi connectivity index (χ2n) is 6.23. The topological polar surface area (TPSA) is 98.7 Å². The number of alkyl halides is 2. The Balaban J connectivity index is 1.86. The van der Waals surface area contributed by atoms with Crippen LogP contribution in [0.25, 0.3) is 0 Å². The molecule has 2 rings (SSSR count). The zero-order valence-electron chi connectivity index (χ0n) is 14.6. The summed E-state index contributed by atoms with van der Waals surface area (Å²) in [6, 6.07) is 0. The lowest BCUT2D eigenvalue weighted by atomic mass is 10.1. The van der Waals surface area contributed by atoms with Crippen LogP contribution in [0, 0.1) is 0 Å². The number of carbonyl (C=O) groups excluding carboxylic acids is 1. The maximum Gasteiger partial charge on any atom is 0.509 e. The van der Waals surface area contributed by atoms with Crippen molar-refractivity contribution in [3.05, 3.63) is 24.4 Å². The number of halogens is 2. The molecule has 1 saturated heterocycles. The molecule has 10 heteroatoms. The molecule has 2 N–H and O–H groups in total. The molecule has 8 nitrogen and oxygen atoms in total. The van der Waals surface area contributed by atoms with Crippen molar-refractivity contribution in [2.24, 2.45) is 15.8 Å². The van der Waals surface area contributed by atoms with E-state index >= 15 is 0 Å². The first-order valence-electron chi connectivity index (χ1n) is 8.02. The third-order valence-corrected chi connectivity index (χ3v) is 3.77. The minimum Gasteiger partial charge on any atom is -0.432 e. The van der Waals surface area contributed by atoms with E-state index < -0.39 is 30.5 Å². The van der Waals surface area contributed by atoms with Crippen molar-refractivity contribution >= 4 is 18.3 Å². The van der Waals surface area contributed by atoms with Crippen molar-refractivity contribution < 1.29 is 27.8 Å². The Bertz CT molecular complexity index is 634. The van der Waals surface area contributed by atoms with Gasteiger partial charge in [-0.25, -0.2) is 23.6 Å². The van der Waals surface area contributed by atoms with Crippen LogP contribution in [0.3, 0.4) is 0 Å². The average Bonchev–Trinajstić information content (AvgIpc) is 3.03. The fourth-order valence-corrected chi connectivity index (χ4v) is 2.33. The summed E-state index contributed by atoms with van der Waals surface area (Å²) in [5, 5.41) is 5.72. The second kappa shape index (κ2) is 8.26. The quantitative estimate of drug-likeness (QED) is 0.719. The summed E-state index contributed by atoms with van der Waals surface area (Å²) >= 11 is 0. The van der Waals surface area contributed by atoms with E-state index in [1.165, 1.54) is 6.34 Å². The van der Waals surface area contributed by atoms with Crippen LogP contribution in [0.15, 0.2) is 34.5 Å². The number of hydrogen-bond acceptors (Lipinski definition) is 8. The highest BCUT2D eigenvalue weighted by atomic mass is 19.3. The van der Waals surface area contributed by atoms with Crippen molar-refractivity contribution in [2.45, 2.75) is 51.0 Å². The minimum atomic E-state index is -2.82. The zero-order chi connectivity index (χ0) is 19.3. The highest BCUT2D eigenvalue weighted by Gasteiger charge is 2.36. The monoisotopic (exact) mass is 372 g/mol. The third kappa shape index (κ3) is 4.78. The van der Waals surface area contributed by atoms with Gasteiger partial charge in [0.25, 0.3) is 6.43 Å². The van der Waals surface area contributed by atoms with Gasteiger partial charge in [-0.05, 0) is 32.8 Å². The summed E-state index contributed by atoms with van der Waals surface area (Å²) in [5.74, 6) is 0.279. The highest BCUT2D eigenvalue weighted by molar-refractivity contribution is 6.01. The maximum absolute atomic E-state index is 12.7. The Hall–Kier alpha value is -2.49. The number of hydrazone groups is 1. The molecule has 0 spiro atoms. The first-order valence-corrected chi connectivity index (χ1v) is 8.02. The van der Waals surface area contributed by atoms with Gasteiger partial charge in [-0.3, -0.25) is 0 Å². The molecular weight excluding hydrogens is 350 g/mol. The Morgan fingerprint density at radius 3 is 2.96 bits per heavy atom. The number of hydrogen-bond donors (Lipinski definition) is 1. The molecule has 2 atom stereocenters. The van der Waals surface area contributed by atoms with Crippen LogP contribution in [0.2, 0.25) is 0 Å². The lowest BCUT2D eigenvalue weighted by molar-refractivity contribution is -0.109. The highest BCUT2D eigenvalue weighted by Crippen LogP contribution is 2.27. The number of allylic oxidation sites excluding steroid dienone is 2. The Morgan fingerprint density at radius 1 is 1.58 bits per heavy atom. The van der Waals surface area contributed by atoms with Gasteiger partial charge in [0, 0.05) is 0 Å². The van der Waals surface area contributed by atoms with Crippen molar-refractivity contribution in [3.8, 4) is 0 Å². The average molecular weight is 372 g/mol. The van der Waals surface area contributed by atoms with Crippen LogP contribution in [0.5, 0.6) is 0 Å². The molecular formula is C16H22F2N4O4. The van der Waals surface area contributed by atoms with Crippen LogP contribution >= 0.6 is 0 Å². The summed E-state index contributed by atoms with van der Waals surface area (Å²) in [5.41, 5.74) is 4.47. The van der Waals surface area contributed by atoms with E-state index in [-0.39, 0.29) is 12.4 Å². The summed E-state index contributed by atoms with van der Waals surface area (Å²) < 4.78 is 40.7. The molecule has 0 bridgehead atoms. The molecule has 2 aliphatic heterocycles. The number of nitrogens with zero attached hydrogens (tertiary/aromatic N) is 3. The normalized spacial score (nSPS) is 24.7. The predicted molar refractivity (Wildman–Crippen MR) is 90.6 cm³/mol. The van der Waals surface area contributed by atoms with Crippen LogP contribution in [-0.2, 0) is 14.2 Å². The summed E-state index contributed by atoms with van der Waals surface area (Å²) in [6.07, 6.45) is 0.895. The Labute approximate surface area is 150 Å². The standard InChI is InChI=1S/C16H22F2N4O4/c1-4-5-11-13(19)20-9-21-22(11)12-7-6-10(25-12)8-24-15(23)26-16(2,3)14(17)18/h4-5,9-10,12,14H,1,6-8H2,2-3H3,(H2,19,20,21)/b11-5-. The predicted octanol–water partition coefficient (Wildman–Crippen LogP) is 2.37. The van der Waals surface area contributed by atoms with E-state index in [0.717, 1.165) is 13.8 Å². The number of ether oxygens (including phenoxy) is 3. The molecule has 2 aliphatic rings. The number of aliphatic imine (C=N–C) groups is 1. The fourth-order valence-electron chi connectivity index (χ4n) is 2.33. The summed E-state index contributed by atoms with van der Waals surface area (Å²) in [6.45, 7) is 5.72. The van der Waals surface area contributed by atoms with E-state index in [9.17, 15) is 13.6 Å². The summed E-state index contributed by atoms with van der Waals surface area (Å²) in [4.78, 5) is 15.5. The number of rotatable bonds is 6. The fraction of sp³-hybridized carbons (Fsp3) is 0.562. The van der Waals surface area contributed by atoms with Gasteiger partial charge in [0.05, 0.1) is 6.10 Å². The minimum absolute atomic E-state index is 0.115. The third-order valence-electron chi connectivity index (χ3n) is 3.77. The SMILES string of the molecule is C=C/C=C1/C(N)=NC=NN1C1CCC(COC(=O)OC(C)(C)C(F)F)O1. The number of nitrogens with two attached hydrogens (primary N) is 1. The molecule has 0 aliphatic carbocycles. The molecule has 144 valence electrons. The molecule has 2 heterocycles. The van der Waals surface area contributed by atoms with Crippen molar-refractivity contribution in [1.29, 1.82) is 0 Å². The van der Waals surface area contributed by atoms with Gasteiger partial charge < -0.3 is 19.9 Å². The lowest BCUT2D eigenvalue weighted by Crippen LogP contribution is -2.39. The van der Waals surface area contributed by atoms with Gasteiger partial charge in [0.15, 0.2) is 17.7 Å².